The van der Waals surface area contributed by atoms with E-state index in [0.717, 1.165) is 22.2 Å². The first kappa shape index (κ1) is 18.1. The van der Waals surface area contributed by atoms with Gasteiger partial charge in [-0.15, -0.1) is 0 Å². The minimum atomic E-state index is -0.287. The number of oxazole rings is 1. The first-order chi connectivity index (χ1) is 13.6. The third kappa shape index (κ3) is 4.00. The Balaban J connectivity index is 1.47. The van der Waals surface area contributed by atoms with Crippen LogP contribution in [0.1, 0.15) is 5.56 Å². The predicted molar refractivity (Wildman–Crippen MR) is 110 cm³/mol. The number of halogens is 1. The summed E-state index contributed by atoms with van der Waals surface area (Å²) in [5, 5.41) is 3.27. The zero-order valence-corrected chi connectivity index (χ0v) is 15.9. The monoisotopic (exact) mass is 392 g/mol. The number of anilines is 1. The Hall–Kier alpha value is -3.31. The zero-order valence-electron chi connectivity index (χ0n) is 15.1. The summed E-state index contributed by atoms with van der Waals surface area (Å²) in [7, 11) is 0. The van der Waals surface area contributed by atoms with Crippen molar-refractivity contribution in [1.82, 2.24) is 4.98 Å². The predicted octanol–water partition coefficient (Wildman–Crippen LogP) is 5.47. The van der Waals surface area contributed by atoms with E-state index in [9.17, 15) is 4.79 Å². The van der Waals surface area contributed by atoms with Crippen LogP contribution in [0, 0.1) is 6.92 Å². The first-order valence-electron chi connectivity index (χ1n) is 8.73. The van der Waals surface area contributed by atoms with Crippen LogP contribution in [0.2, 0.25) is 5.02 Å². The van der Waals surface area contributed by atoms with E-state index in [1.807, 2.05) is 43.3 Å². The van der Waals surface area contributed by atoms with Crippen molar-refractivity contribution < 1.29 is 13.9 Å². The van der Waals surface area contributed by atoms with Crippen LogP contribution >= 0.6 is 11.6 Å². The Labute approximate surface area is 166 Å². The number of aromatic nitrogens is 1. The highest BCUT2D eigenvalue weighted by molar-refractivity contribution is 6.32. The lowest BCUT2D eigenvalue weighted by molar-refractivity contribution is -0.118. The molecule has 0 spiro atoms. The quantitative estimate of drug-likeness (QED) is 0.488. The van der Waals surface area contributed by atoms with E-state index in [1.54, 1.807) is 30.3 Å². The second-order valence-corrected chi connectivity index (χ2v) is 6.75. The van der Waals surface area contributed by atoms with Gasteiger partial charge in [0.05, 0.1) is 5.02 Å². The number of benzene rings is 3. The average molecular weight is 393 g/mol. The number of nitrogens with zero attached hydrogens (tertiary/aromatic N) is 1. The summed E-state index contributed by atoms with van der Waals surface area (Å²) in [6.45, 7) is 1.86. The van der Waals surface area contributed by atoms with Crippen LogP contribution in [0.5, 0.6) is 5.75 Å². The normalized spacial score (nSPS) is 10.8. The Morgan fingerprint density at radius 3 is 2.82 bits per heavy atom. The molecule has 5 nitrogen and oxygen atoms in total. The van der Waals surface area contributed by atoms with E-state index in [1.165, 1.54) is 0 Å². The highest BCUT2D eigenvalue weighted by Crippen LogP contribution is 2.27. The SMILES string of the molecule is Cc1ccc2nc(-c3cccc(NC(=O)COc4ccccc4Cl)c3)oc2c1. The number of fused-ring (bicyclic) bond motifs is 1. The number of para-hydroxylation sites is 1. The minimum Gasteiger partial charge on any atom is -0.482 e. The van der Waals surface area contributed by atoms with Gasteiger partial charge in [-0.3, -0.25) is 4.79 Å². The second kappa shape index (κ2) is 7.74. The summed E-state index contributed by atoms with van der Waals surface area (Å²) >= 11 is 6.03. The fraction of sp³-hybridized carbons (Fsp3) is 0.0909. The van der Waals surface area contributed by atoms with Gasteiger partial charge < -0.3 is 14.5 Å². The molecule has 1 heterocycles. The van der Waals surface area contributed by atoms with Gasteiger partial charge in [-0.05, 0) is 55.0 Å². The molecule has 140 valence electrons. The highest BCUT2D eigenvalue weighted by Gasteiger charge is 2.11. The lowest BCUT2D eigenvalue weighted by Gasteiger charge is -2.09. The Bertz CT molecular complexity index is 1150. The molecule has 3 aromatic carbocycles. The third-order valence-electron chi connectivity index (χ3n) is 4.13. The number of carbonyl (C=O) groups excluding carboxylic acids is 1. The molecule has 1 aromatic heterocycles. The van der Waals surface area contributed by atoms with Gasteiger partial charge in [0.1, 0.15) is 11.3 Å². The number of hydrogen-bond donors (Lipinski definition) is 1. The van der Waals surface area contributed by atoms with E-state index < -0.39 is 0 Å². The van der Waals surface area contributed by atoms with Gasteiger partial charge >= 0.3 is 0 Å². The first-order valence-corrected chi connectivity index (χ1v) is 9.11. The van der Waals surface area contributed by atoms with Crippen molar-refractivity contribution >= 4 is 34.3 Å². The van der Waals surface area contributed by atoms with Crippen LogP contribution in [0.3, 0.4) is 0 Å². The molecule has 0 aliphatic heterocycles. The van der Waals surface area contributed by atoms with Gasteiger partial charge in [0.25, 0.3) is 5.91 Å². The number of ether oxygens (including phenoxy) is 1. The molecule has 28 heavy (non-hydrogen) atoms. The summed E-state index contributed by atoms with van der Waals surface area (Å²) < 4.78 is 11.3. The summed E-state index contributed by atoms with van der Waals surface area (Å²) in [6, 6.07) is 20.2. The van der Waals surface area contributed by atoms with Gasteiger partial charge in [0, 0.05) is 11.3 Å². The standard InChI is InChI=1S/C22H17ClN2O3/c1-14-9-10-18-20(11-14)28-22(25-18)15-5-4-6-16(12-15)24-21(26)13-27-19-8-3-2-7-17(19)23/h2-12H,13H2,1H3,(H,24,26). The maximum absolute atomic E-state index is 12.2. The van der Waals surface area contributed by atoms with E-state index in [2.05, 4.69) is 10.3 Å². The molecule has 1 N–H and O–H groups in total. The molecule has 0 saturated carbocycles. The summed E-state index contributed by atoms with van der Waals surface area (Å²) in [5.74, 6) is 0.684. The molecule has 0 fully saturated rings. The van der Waals surface area contributed by atoms with Crippen LogP contribution in [0.25, 0.3) is 22.6 Å². The topological polar surface area (TPSA) is 64.4 Å². The molecular formula is C22H17ClN2O3. The maximum Gasteiger partial charge on any atom is 0.262 e. The van der Waals surface area contributed by atoms with Gasteiger partial charge in [0.15, 0.2) is 12.2 Å². The van der Waals surface area contributed by atoms with Gasteiger partial charge in [-0.25, -0.2) is 4.98 Å². The summed E-state index contributed by atoms with van der Waals surface area (Å²) in [5.41, 5.74) is 4.04. The van der Waals surface area contributed by atoms with Crippen LogP contribution in [0.15, 0.2) is 71.1 Å². The number of amides is 1. The van der Waals surface area contributed by atoms with Crippen LogP contribution in [-0.2, 0) is 4.79 Å². The molecule has 0 bridgehead atoms. The number of aryl methyl sites for hydroxylation is 1. The van der Waals surface area contributed by atoms with E-state index in [0.29, 0.717) is 22.4 Å². The molecule has 0 radical (unpaired) electrons. The number of carbonyl (C=O) groups is 1. The van der Waals surface area contributed by atoms with Crippen molar-refractivity contribution in [3.8, 4) is 17.2 Å². The molecule has 0 atom stereocenters. The van der Waals surface area contributed by atoms with Crippen LogP contribution in [-0.4, -0.2) is 17.5 Å². The summed E-state index contributed by atoms with van der Waals surface area (Å²) in [6.07, 6.45) is 0. The smallest absolute Gasteiger partial charge is 0.262 e. The number of nitrogens with one attached hydrogen (secondary N) is 1. The van der Waals surface area contributed by atoms with E-state index in [-0.39, 0.29) is 12.5 Å². The zero-order chi connectivity index (χ0) is 19.5. The summed E-state index contributed by atoms with van der Waals surface area (Å²) in [4.78, 5) is 16.7. The van der Waals surface area contributed by atoms with Gasteiger partial charge in [0.2, 0.25) is 5.89 Å². The van der Waals surface area contributed by atoms with Crippen molar-refractivity contribution in [3.63, 3.8) is 0 Å². The van der Waals surface area contributed by atoms with E-state index in [4.69, 9.17) is 20.8 Å². The van der Waals surface area contributed by atoms with Crippen molar-refractivity contribution in [1.29, 1.82) is 0 Å². The fourth-order valence-electron chi connectivity index (χ4n) is 2.79. The van der Waals surface area contributed by atoms with Gasteiger partial charge in [-0.1, -0.05) is 35.9 Å². The van der Waals surface area contributed by atoms with E-state index >= 15 is 0 Å². The molecular weight excluding hydrogens is 376 g/mol. The molecule has 0 unspecified atom stereocenters. The lowest BCUT2D eigenvalue weighted by atomic mass is 10.2. The largest absolute Gasteiger partial charge is 0.482 e. The minimum absolute atomic E-state index is 0.143. The molecule has 0 aliphatic carbocycles. The maximum atomic E-state index is 12.2. The Kier molecular flexibility index (Phi) is 5.00. The molecule has 4 rings (SSSR count). The lowest BCUT2D eigenvalue weighted by Crippen LogP contribution is -2.20. The Morgan fingerprint density at radius 2 is 1.96 bits per heavy atom. The average Bonchev–Trinajstić information content (AvgIpc) is 3.11. The number of hydrogen-bond acceptors (Lipinski definition) is 4. The van der Waals surface area contributed by atoms with Crippen LogP contribution < -0.4 is 10.1 Å². The van der Waals surface area contributed by atoms with Crippen molar-refractivity contribution in [2.24, 2.45) is 0 Å². The highest BCUT2D eigenvalue weighted by atomic mass is 35.5. The number of rotatable bonds is 5. The molecule has 0 aliphatic rings. The second-order valence-electron chi connectivity index (χ2n) is 6.34. The van der Waals surface area contributed by atoms with Crippen molar-refractivity contribution in [3.05, 3.63) is 77.3 Å². The van der Waals surface area contributed by atoms with Crippen molar-refractivity contribution in [2.75, 3.05) is 11.9 Å². The molecule has 1 amide bonds. The fourth-order valence-corrected chi connectivity index (χ4v) is 2.98. The molecule has 4 aromatic rings. The van der Waals surface area contributed by atoms with Gasteiger partial charge in [-0.2, -0.15) is 0 Å². The Morgan fingerprint density at radius 1 is 1.11 bits per heavy atom. The molecule has 6 heteroatoms. The third-order valence-corrected chi connectivity index (χ3v) is 4.44. The van der Waals surface area contributed by atoms with Crippen molar-refractivity contribution in [2.45, 2.75) is 6.92 Å². The van der Waals surface area contributed by atoms with Crippen LogP contribution in [0.4, 0.5) is 5.69 Å². The molecule has 0 saturated heterocycles.